The van der Waals surface area contributed by atoms with Crippen molar-refractivity contribution in [3.8, 4) is 0 Å². The zero-order chi connectivity index (χ0) is 13.4. The van der Waals surface area contributed by atoms with E-state index in [-0.39, 0.29) is 12.6 Å². The first-order valence-corrected chi connectivity index (χ1v) is 6.85. The minimum atomic E-state index is 0.140. The van der Waals surface area contributed by atoms with Gasteiger partial charge in [0.25, 0.3) is 0 Å². The number of rotatable bonds is 8. The maximum Gasteiger partial charge on any atom is 0.0601 e. The topological polar surface area (TPSA) is 35.5 Å². The summed E-state index contributed by atoms with van der Waals surface area (Å²) in [6.07, 6.45) is 2.16. The summed E-state index contributed by atoms with van der Waals surface area (Å²) in [5.41, 5.74) is 2.55. The van der Waals surface area contributed by atoms with Crippen LogP contribution >= 0.6 is 0 Å². The van der Waals surface area contributed by atoms with Crippen molar-refractivity contribution in [1.29, 1.82) is 0 Å². The molecule has 0 fully saturated rings. The monoisotopic (exact) mass is 250 g/mol. The minimum absolute atomic E-state index is 0.140. The van der Waals surface area contributed by atoms with Crippen LogP contribution in [0.2, 0.25) is 0 Å². The average Bonchev–Trinajstić information content (AvgIpc) is 2.43. The molecular formula is C15H26N2O. The summed E-state index contributed by atoms with van der Waals surface area (Å²) in [6.45, 7) is 6.25. The molecule has 0 aliphatic rings. The van der Waals surface area contributed by atoms with Crippen molar-refractivity contribution in [2.24, 2.45) is 0 Å². The molecule has 0 aliphatic heterocycles. The highest BCUT2D eigenvalue weighted by molar-refractivity contribution is 5.47. The predicted octanol–water partition coefficient (Wildman–Crippen LogP) is 2.05. The number of aliphatic hydroxyl groups is 1. The Labute approximate surface area is 111 Å². The molecule has 0 bridgehead atoms. The van der Waals surface area contributed by atoms with E-state index < -0.39 is 0 Å². The third-order valence-electron chi connectivity index (χ3n) is 3.18. The van der Waals surface area contributed by atoms with Gasteiger partial charge in [0.05, 0.1) is 6.61 Å². The minimum Gasteiger partial charge on any atom is -0.395 e. The van der Waals surface area contributed by atoms with Crippen LogP contribution in [-0.4, -0.2) is 37.9 Å². The Morgan fingerprint density at radius 3 is 2.39 bits per heavy atom. The molecule has 102 valence electrons. The van der Waals surface area contributed by atoms with Crippen LogP contribution in [0.15, 0.2) is 24.3 Å². The van der Waals surface area contributed by atoms with E-state index in [4.69, 9.17) is 0 Å². The Kier molecular flexibility index (Phi) is 6.76. The zero-order valence-electron chi connectivity index (χ0n) is 11.8. The van der Waals surface area contributed by atoms with E-state index in [2.05, 4.69) is 55.4 Å². The van der Waals surface area contributed by atoms with Crippen LogP contribution in [-0.2, 0) is 6.42 Å². The molecule has 0 radical (unpaired) electrons. The number of hydrogen-bond acceptors (Lipinski definition) is 3. The van der Waals surface area contributed by atoms with E-state index >= 15 is 0 Å². The van der Waals surface area contributed by atoms with Crippen LogP contribution < -0.4 is 10.2 Å². The van der Waals surface area contributed by atoms with Crippen molar-refractivity contribution in [2.45, 2.75) is 32.7 Å². The summed E-state index contributed by atoms with van der Waals surface area (Å²) < 4.78 is 0. The normalized spacial score (nSPS) is 12.4. The lowest BCUT2D eigenvalue weighted by Gasteiger charge is -2.25. The van der Waals surface area contributed by atoms with Gasteiger partial charge in [-0.25, -0.2) is 0 Å². The maximum atomic E-state index is 9.34. The first-order chi connectivity index (χ1) is 8.71. The summed E-state index contributed by atoms with van der Waals surface area (Å²) in [4.78, 5) is 2.18. The standard InChI is InChI=1S/C15H26N2O/c1-4-10-16-14(12-18)11-17(3)15-8-6-13(5-2)7-9-15/h6-9,14,16,18H,4-5,10-12H2,1-3H3. The highest BCUT2D eigenvalue weighted by Crippen LogP contribution is 2.14. The molecule has 1 aromatic carbocycles. The second-order valence-corrected chi connectivity index (χ2v) is 4.73. The quantitative estimate of drug-likeness (QED) is 0.741. The summed E-state index contributed by atoms with van der Waals surface area (Å²) in [6, 6.07) is 8.76. The molecule has 3 heteroatoms. The molecule has 0 amide bonds. The van der Waals surface area contributed by atoms with Crippen molar-refractivity contribution < 1.29 is 5.11 Å². The Hall–Kier alpha value is -1.06. The van der Waals surface area contributed by atoms with E-state index in [1.807, 2.05) is 0 Å². The van der Waals surface area contributed by atoms with Crippen LogP contribution in [0.25, 0.3) is 0 Å². The fourth-order valence-electron chi connectivity index (χ4n) is 1.96. The SMILES string of the molecule is CCCNC(CO)CN(C)c1ccc(CC)cc1. The van der Waals surface area contributed by atoms with E-state index in [9.17, 15) is 5.11 Å². The number of nitrogens with zero attached hydrogens (tertiary/aromatic N) is 1. The number of hydrogen-bond donors (Lipinski definition) is 2. The zero-order valence-corrected chi connectivity index (χ0v) is 11.8. The molecule has 1 unspecified atom stereocenters. The van der Waals surface area contributed by atoms with Gasteiger partial charge in [-0.05, 0) is 37.1 Å². The fourth-order valence-corrected chi connectivity index (χ4v) is 1.96. The lowest BCUT2D eigenvalue weighted by Crippen LogP contribution is -2.42. The number of aryl methyl sites for hydroxylation is 1. The van der Waals surface area contributed by atoms with Crippen LogP contribution in [0.5, 0.6) is 0 Å². The molecule has 2 N–H and O–H groups in total. The first-order valence-electron chi connectivity index (χ1n) is 6.85. The van der Waals surface area contributed by atoms with Gasteiger partial charge < -0.3 is 15.3 Å². The molecule has 1 atom stereocenters. The van der Waals surface area contributed by atoms with Gasteiger partial charge in [-0.2, -0.15) is 0 Å². The number of nitrogens with one attached hydrogen (secondary N) is 1. The third kappa shape index (κ3) is 4.67. The third-order valence-corrected chi connectivity index (χ3v) is 3.18. The van der Waals surface area contributed by atoms with E-state index in [1.165, 1.54) is 11.3 Å². The van der Waals surface area contributed by atoms with E-state index in [0.717, 1.165) is 25.9 Å². The van der Waals surface area contributed by atoms with E-state index in [1.54, 1.807) is 0 Å². The maximum absolute atomic E-state index is 9.34. The smallest absolute Gasteiger partial charge is 0.0601 e. The number of benzene rings is 1. The van der Waals surface area contributed by atoms with Gasteiger partial charge in [0.1, 0.15) is 0 Å². The van der Waals surface area contributed by atoms with Crippen molar-refractivity contribution in [1.82, 2.24) is 5.32 Å². The Morgan fingerprint density at radius 1 is 1.22 bits per heavy atom. The lowest BCUT2D eigenvalue weighted by molar-refractivity contribution is 0.245. The molecule has 0 aliphatic carbocycles. The van der Waals surface area contributed by atoms with Crippen molar-refractivity contribution in [3.63, 3.8) is 0 Å². The van der Waals surface area contributed by atoms with Gasteiger partial charge in [0.15, 0.2) is 0 Å². The van der Waals surface area contributed by atoms with Gasteiger partial charge in [0, 0.05) is 25.3 Å². The molecule has 0 saturated heterocycles. The second-order valence-electron chi connectivity index (χ2n) is 4.73. The molecule has 0 saturated carbocycles. The second kappa shape index (κ2) is 8.11. The van der Waals surface area contributed by atoms with Gasteiger partial charge >= 0.3 is 0 Å². The summed E-state index contributed by atoms with van der Waals surface area (Å²) >= 11 is 0. The van der Waals surface area contributed by atoms with Crippen molar-refractivity contribution >= 4 is 5.69 Å². The molecule has 1 rings (SSSR count). The number of aliphatic hydroxyl groups excluding tert-OH is 1. The van der Waals surface area contributed by atoms with E-state index in [0.29, 0.717) is 0 Å². The fraction of sp³-hybridized carbons (Fsp3) is 0.600. The Balaban J connectivity index is 2.53. The van der Waals surface area contributed by atoms with Crippen molar-refractivity contribution in [3.05, 3.63) is 29.8 Å². The molecule has 0 aromatic heterocycles. The number of likely N-dealkylation sites (N-methyl/N-ethyl adjacent to an activating group) is 1. The van der Waals surface area contributed by atoms with Crippen LogP contribution in [0.3, 0.4) is 0 Å². The van der Waals surface area contributed by atoms with Gasteiger partial charge in [-0.3, -0.25) is 0 Å². The highest BCUT2D eigenvalue weighted by Gasteiger charge is 2.10. The molecule has 0 spiro atoms. The van der Waals surface area contributed by atoms with Crippen molar-refractivity contribution in [2.75, 3.05) is 31.6 Å². The predicted molar refractivity (Wildman–Crippen MR) is 78.3 cm³/mol. The molecule has 0 heterocycles. The average molecular weight is 250 g/mol. The van der Waals surface area contributed by atoms with Crippen LogP contribution in [0.4, 0.5) is 5.69 Å². The van der Waals surface area contributed by atoms with Crippen LogP contribution in [0, 0.1) is 0 Å². The Bertz CT molecular complexity index is 324. The van der Waals surface area contributed by atoms with Gasteiger partial charge in [-0.15, -0.1) is 0 Å². The summed E-state index contributed by atoms with van der Waals surface area (Å²) in [7, 11) is 2.07. The first kappa shape index (κ1) is 15.0. The van der Waals surface area contributed by atoms with Gasteiger partial charge in [-0.1, -0.05) is 26.0 Å². The molecule has 18 heavy (non-hydrogen) atoms. The molecular weight excluding hydrogens is 224 g/mol. The van der Waals surface area contributed by atoms with Gasteiger partial charge in [0.2, 0.25) is 0 Å². The number of anilines is 1. The highest BCUT2D eigenvalue weighted by atomic mass is 16.3. The van der Waals surface area contributed by atoms with Crippen LogP contribution in [0.1, 0.15) is 25.8 Å². The summed E-state index contributed by atoms with van der Waals surface area (Å²) in [5, 5.41) is 12.7. The largest absolute Gasteiger partial charge is 0.395 e. The Morgan fingerprint density at radius 2 is 1.89 bits per heavy atom. The molecule has 1 aromatic rings. The lowest BCUT2D eigenvalue weighted by atomic mass is 10.1. The summed E-state index contributed by atoms with van der Waals surface area (Å²) in [5.74, 6) is 0. The molecule has 3 nitrogen and oxygen atoms in total.